The third-order valence-electron chi connectivity index (χ3n) is 2.30. The van der Waals surface area contributed by atoms with E-state index in [-0.39, 0.29) is 12.2 Å². The first-order chi connectivity index (χ1) is 8.24. The van der Waals surface area contributed by atoms with Crippen LogP contribution in [0.5, 0.6) is 0 Å². The summed E-state index contributed by atoms with van der Waals surface area (Å²) >= 11 is 0. The van der Waals surface area contributed by atoms with Gasteiger partial charge in [0.2, 0.25) is 0 Å². The minimum atomic E-state index is -4.40. The summed E-state index contributed by atoms with van der Waals surface area (Å²) in [6.45, 7) is 0.315. The van der Waals surface area contributed by atoms with Gasteiger partial charge >= 0.3 is 12.1 Å². The zero-order chi connectivity index (χ0) is 13.9. The molecule has 1 aromatic rings. The van der Waals surface area contributed by atoms with Gasteiger partial charge in [-0.15, -0.1) is 0 Å². The van der Waals surface area contributed by atoms with Crippen LogP contribution in [0.4, 0.5) is 23.2 Å². The van der Waals surface area contributed by atoms with Gasteiger partial charge in [-0.25, -0.2) is 9.18 Å². The number of rotatable bonds is 4. The number of hydrogen-bond acceptors (Lipinski definition) is 2. The smallest absolute Gasteiger partial charge is 0.405 e. The predicted octanol–water partition coefficient (Wildman–Crippen LogP) is 2.91. The van der Waals surface area contributed by atoms with E-state index in [1.54, 1.807) is 0 Å². The summed E-state index contributed by atoms with van der Waals surface area (Å²) < 4.78 is 50.1. The Balaban J connectivity index is 3.01. The lowest BCUT2D eigenvalue weighted by atomic mass is 10.2. The SMILES string of the molecule is CCN(CC(F)(F)F)c1ccc(C(=O)O)c(F)c1. The van der Waals surface area contributed by atoms with Crippen molar-refractivity contribution in [2.45, 2.75) is 13.1 Å². The first kappa shape index (κ1) is 14.3. The summed E-state index contributed by atoms with van der Waals surface area (Å²) in [5.41, 5.74) is -0.570. The van der Waals surface area contributed by atoms with E-state index in [2.05, 4.69) is 0 Å². The van der Waals surface area contributed by atoms with Crippen LogP contribution in [0.1, 0.15) is 17.3 Å². The summed E-state index contributed by atoms with van der Waals surface area (Å²) in [5.74, 6) is -2.52. The standard InChI is InChI=1S/C11H11F4NO2/c1-2-16(6-11(13,14)15)7-3-4-8(10(17)18)9(12)5-7/h3-5H,2,6H2,1H3,(H,17,18). The van der Waals surface area contributed by atoms with Crippen molar-refractivity contribution in [1.29, 1.82) is 0 Å². The normalized spacial score (nSPS) is 11.4. The van der Waals surface area contributed by atoms with Gasteiger partial charge in [-0.05, 0) is 25.1 Å². The number of hydrogen-bond donors (Lipinski definition) is 1. The molecule has 1 N–H and O–H groups in total. The number of aromatic carboxylic acids is 1. The molecule has 0 atom stereocenters. The van der Waals surface area contributed by atoms with Gasteiger partial charge < -0.3 is 10.0 Å². The Labute approximate surface area is 101 Å². The summed E-state index contributed by atoms with van der Waals surface area (Å²) in [5, 5.41) is 8.61. The quantitative estimate of drug-likeness (QED) is 0.851. The summed E-state index contributed by atoms with van der Waals surface area (Å²) in [6, 6.07) is 2.90. The summed E-state index contributed by atoms with van der Waals surface area (Å²) in [6.07, 6.45) is -4.40. The Hall–Kier alpha value is -1.79. The number of halogens is 4. The van der Waals surface area contributed by atoms with E-state index >= 15 is 0 Å². The molecule has 0 amide bonds. The molecule has 0 unspecified atom stereocenters. The van der Waals surface area contributed by atoms with Crippen molar-refractivity contribution in [1.82, 2.24) is 0 Å². The van der Waals surface area contributed by atoms with Gasteiger partial charge in [0.15, 0.2) is 0 Å². The van der Waals surface area contributed by atoms with Crippen molar-refractivity contribution in [2.24, 2.45) is 0 Å². The van der Waals surface area contributed by atoms with E-state index in [4.69, 9.17) is 5.11 Å². The molecule has 0 aliphatic heterocycles. The highest BCUT2D eigenvalue weighted by Crippen LogP contribution is 2.23. The topological polar surface area (TPSA) is 40.5 Å². The van der Waals surface area contributed by atoms with Gasteiger partial charge in [0.25, 0.3) is 0 Å². The van der Waals surface area contributed by atoms with Crippen LogP contribution in [0.2, 0.25) is 0 Å². The molecular formula is C11H11F4NO2. The van der Waals surface area contributed by atoms with Crippen molar-refractivity contribution in [3.63, 3.8) is 0 Å². The van der Waals surface area contributed by atoms with Gasteiger partial charge in [-0.1, -0.05) is 0 Å². The predicted molar refractivity (Wildman–Crippen MR) is 57.3 cm³/mol. The molecule has 0 aliphatic rings. The number of anilines is 1. The van der Waals surface area contributed by atoms with Crippen LogP contribution >= 0.6 is 0 Å². The monoisotopic (exact) mass is 265 g/mol. The maximum absolute atomic E-state index is 13.3. The lowest BCUT2D eigenvalue weighted by Gasteiger charge is -2.24. The number of carboxylic acids is 1. The highest BCUT2D eigenvalue weighted by Gasteiger charge is 2.30. The van der Waals surface area contributed by atoms with Gasteiger partial charge in [0.1, 0.15) is 12.4 Å². The van der Waals surface area contributed by atoms with E-state index < -0.39 is 30.1 Å². The average molecular weight is 265 g/mol. The van der Waals surface area contributed by atoms with Crippen molar-refractivity contribution in [3.05, 3.63) is 29.6 Å². The second-order valence-electron chi connectivity index (χ2n) is 3.60. The van der Waals surface area contributed by atoms with Crippen LogP contribution in [0.25, 0.3) is 0 Å². The third-order valence-corrected chi connectivity index (χ3v) is 2.30. The molecule has 1 aromatic carbocycles. The fourth-order valence-electron chi connectivity index (χ4n) is 1.48. The van der Waals surface area contributed by atoms with Crippen LogP contribution in [0.15, 0.2) is 18.2 Å². The molecule has 18 heavy (non-hydrogen) atoms. The Morgan fingerprint density at radius 2 is 2.00 bits per heavy atom. The van der Waals surface area contributed by atoms with Gasteiger partial charge in [-0.3, -0.25) is 0 Å². The van der Waals surface area contributed by atoms with E-state index in [0.717, 1.165) is 23.1 Å². The molecule has 3 nitrogen and oxygen atoms in total. The Morgan fingerprint density at radius 1 is 1.39 bits per heavy atom. The number of carbonyl (C=O) groups is 1. The fraction of sp³-hybridized carbons (Fsp3) is 0.364. The van der Waals surface area contributed by atoms with Gasteiger partial charge in [0, 0.05) is 12.2 Å². The molecule has 0 aliphatic carbocycles. The molecule has 0 saturated carbocycles. The highest BCUT2D eigenvalue weighted by atomic mass is 19.4. The van der Waals surface area contributed by atoms with E-state index in [1.165, 1.54) is 6.92 Å². The number of alkyl halides is 3. The molecule has 7 heteroatoms. The molecule has 0 radical (unpaired) electrons. The third kappa shape index (κ3) is 3.61. The van der Waals surface area contributed by atoms with Gasteiger partial charge in [-0.2, -0.15) is 13.2 Å². The van der Waals surface area contributed by atoms with Crippen LogP contribution in [-0.2, 0) is 0 Å². The maximum Gasteiger partial charge on any atom is 0.405 e. The van der Waals surface area contributed by atoms with Crippen LogP contribution in [0.3, 0.4) is 0 Å². The lowest BCUT2D eigenvalue weighted by molar-refractivity contribution is -0.119. The zero-order valence-corrected chi connectivity index (χ0v) is 9.46. The average Bonchev–Trinajstić information content (AvgIpc) is 2.24. The molecule has 0 aromatic heterocycles. The highest BCUT2D eigenvalue weighted by molar-refractivity contribution is 5.88. The Bertz CT molecular complexity index is 445. The fourth-order valence-corrected chi connectivity index (χ4v) is 1.48. The molecule has 0 heterocycles. The zero-order valence-electron chi connectivity index (χ0n) is 9.46. The Morgan fingerprint density at radius 3 is 2.39 bits per heavy atom. The lowest BCUT2D eigenvalue weighted by Crippen LogP contribution is -2.34. The second kappa shape index (κ2) is 5.24. The summed E-state index contributed by atoms with van der Waals surface area (Å²) in [4.78, 5) is 11.5. The minimum Gasteiger partial charge on any atom is -0.478 e. The summed E-state index contributed by atoms with van der Waals surface area (Å²) in [7, 11) is 0. The molecule has 0 spiro atoms. The van der Waals surface area contributed by atoms with E-state index in [1.807, 2.05) is 0 Å². The minimum absolute atomic E-state index is 0.00248. The number of nitrogens with zero attached hydrogens (tertiary/aromatic N) is 1. The molecule has 0 saturated heterocycles. The molecule has 0 fully saturated rings. The van der Waals surface area contributed by atoms with Crippen LogP contribution in [0, 0.1) is 5.82 Å². The molecule has 0 bridgehead atoms. The first-order valence-corrected chi connectivity index (χ1v) is 5.09. The second-order valence-corrected chi connectivity index (χ2v) is 3.60. The van der Waals surface area contributed by atoms with Crippen molar-refractivity contribution in [2.75, 3.05) is 18.0 Å². The van der Waals surface area contributed by atoms with Crippen LogP contribution < -0.4 is 4.90 Å². The van der Waals surface area contributed by atoms with E-state index in [9.17, 15) is 22.4 Å². The number of benzene rings is 1. The number of carboxylic acid groups (broad SMARTS) is 1. The molecular weight excluding hydrogens is 254 g/mol. The van der Waals surface area contributed by atoms with E-state index in [0.29, 0.717) is 0 Å². The Kier molecular flexibility index (Phi) is 4.15. The van der Waals surface area contributed by atoms with Crippen molar-refractivity contribution in [3.8, 4) is 0 Å². The largest absolute Gasteiger partial charge is 0.478 e. The van der Waals surface area contributed by atoms with Crippen LogP contribution in [-0.4, -0.2) is 30.3 Å². The first-order valence-electron chi connectivity index (χ1n) is 5.09. The van der Waals surface area contributed by atoms with Crippen molar-refractivity contribution >= 4 is 11.7 Å². The molecule has 100 valence electrons. The molecule has 1 rings (SSSR count). The van der Waals surface area contributed by atoms with Crippen molar-refractivity contribution < 1.29 is 27.5 Å². The van der Waals surface area contributed by atoms with Gasteiger partial charge in [0.05, 0.1) is 5.56 Å². The maximum atomic E-state index is 13.3.